The molecule has 7 heteroatoms. The van der Waals surface area contributed by atoms with Gasteiger partial charge in [-0.05, 0) is 19.8 Å². The van der Waals surface area contributed by atoms with E-state index in [9.17, 15) is 9.59 Å². The molecule has 1 fully saturated rings. The van der Waals surface area contributed by atoms with Crippen molar-refractivity contribution in [1.29, 1.82) is 0 Å². The first-order valence-corrected chi connectivity index (χ1v) is 10.7. The standard InChI is InChI=1S/C17H25N3O2S2/c1-3-20-16(22)15-13(9-11(2)24-15)19-17(20)23-10-14(21)18-12-7-5-4-6-8-12/h11-12H,3-10H2,1-2H3,(H,18,21)/t11-/m1/s1. The highest BCUT2D eigenvalue weighted by Crippen LogP contribution is 2.34. The summed E-state index contributed by atoms with van der Waals surface area (Å²) < 4.78 is 1.70. The summed E-state index contributed by atoms with van der Waals surface area (Å²) >= 11 is 3.00. The van der Waals surface area contributed by atoms with E-state index < -0.39 is 0 Å². The molecule has 0 spiro atoms. The fourth-order valence-corrected chi connectivity index (χ4v) is 5.37. The minimum absolute atomic E-state index is 0.0482. The number of carbonyl (C=O) groups excluding carboxylic acids is 1. The number of nitrogens with one attached hydrogen (secondary N) is 1. The number of fused-ring (bicyclic) bond motifs is 1. The topological polar surface area (TPSA) is 64.0 Å². The van der Waals surface area contributed by atoms with Gasteiger partial charge in [-0.2, -0.15) is 0 Å². The van der Waals surface area contributed by atoms with E-state index in [2.05, 4.69) is 17.2 Å². The molecule has 24 heavy (non-hydrogen) atoms. The molecule has 0 unspecified atom stereocenters. The minimum atomic E-state index is 0.0482. The SMILES string of the molecule is CCn1c(SCC(=O)NC2CCCCC2)nc2c(c1=O)S[C@H](C)C2. The summed E-state index contributed by atoms with van der Waals surface area (Å²) in [5.74, 6) is 0.372. The Morgan fingerprint density at radius 2 is 2.12 bits per heavy atom. The molecule has 1 aliphatic carbocycles. The van der Waals surface area contributed by atoms with E-state index >= 15 is 0 Å². The van der Waals surface area contributed by atoms with Crippen LogP contribution in [0.5, 0.6) is 0 Å². The third-order valence-electron chi connectivity index (χ3n) is 4.58. The zero-order chi connectivity index (χ0) is 17.1. The van der Waals surface area contributed by atoms with Crippen LogP contribution in [0.2, 0.25) is 0 Å². The zero-order valence-corrected chi connectivity index (χ0v) is 16.0. The molecule has 0 saturated heterocycles. The third-order valence-corrected chi connectivity index (χ3v) is 6.77. The lowest BCUT2D eigenvalue weighted by atomic mass is 9.95. The monoisotopic (exact) mass is 367 g/mol. The van der Waals surface area contributed by atoms with Crippen LogP contribution in [0.3, 0.4) is 0 Å². The predicted octanol–water partition coefficient (Wildman–Crippen LogP) is 2.84. The lowest BCUT2D eigenvalue weighted by Gasteiger charge is -2.22. The summed E-state index contributed by atoms with van der Waals surface area (Å²) in [6.45, 7) is 4.65. The van der Waals surface area contributed by atoms with Crippen molar-refractivity contribution in [1.82, 2.24) is 14.9 Å². The van der Waals surface area contributed by atoms with Gasteiger partial charge < -0.3 is 5.32 Å². The predicted molar refractivity (Wildman–Crippen MR) is 98.9 cm³/mol. The summed E-state index contributed by atoms with van der Waals surface area (Å²) in [6, 6.07) is 0.324. The van der Waals surface area contributed by atoms with Crippen molar-refractivity contribution in [3.63, 3.8) is 0 Å². The Morgan fingerprint density at radius 1 is 1.38 bits per heavy atom. The van der Waals surface area contributed by atoms with Gasteiger partial charge in [0.2, 0.25) is 5.91 Å². The Bertz CT molecular complexity index is 669. The van der Waals surface area contributed by atoms with Crippen molar-refractivity contribution in [2.75, 3.05) is 5.75 Å². The Labute approximate surface area is 151 Å². The van der Waals surface area contributed by atoms with E-state index in [1.54, 1.807) is 16.3 Å². The summed E-state index contributed by atoms with van der Waals surface area (Å²) in [7, 11) is 0. The van der Waals surface area contributed by atoms with Gasteiger partial charge in [-0.3, -0.25) is 14.2 Å². The molecule has 1 amide bonds. The molecule has 5 nitrogen and oxygen atoms in total. The highest BCUT2D eigenvalue weighted by atomic mass is 32.2. The van der Waals surface area contributed by atoms with Crippen molar-refractivity contribution in [2.24, 2.45) is 0 Å². The van der Waals surface area contributed by atoms with E-state index in [1.807, 2.05) is 6.92 Å². The molecule has 3 rings (SSSR count). The first kappa shape index (κ1) is 17.9. The number of aromatic nitrogens is 2. The van der Waals surface area contributed by atoms with E-state index in [0.29, 0.717) is 28.7 Å². The maximum atomic E-state index is 12.6. The Morgan fingerprint density at radius 3 is 2.83 bits per heavy atom. The van der Waals surface area contributed by atoms with Crippen LogP contribution in [0.15, 0.2) is 14.8 Å². The molecule has 1 aromatic heterocycles. The van der Waals surface area contributed by atoms with Gasteiger partial charge in [0.15, 0.2) is 5.16 Å². The summed E-state index contributed by atoms with van der Waals surface area (Å²) in [6.07, 6.45) is 6.69. The molecular formula is C17H25N3O2S2. The minimum Gasteiger partial charge on any atom is -0.353 e. The van der Waals surface area contributed by atoms with Gasteiger partial charge in [0.1, 0.15) is 0 Å². The smallest absolute Gasteiger partial charge is 0.268 e. The zero-order valence-electron chi connectivity index (χ0n) is 14.3. The summed E-state index contributed by atoms with van der Waals surface area (Å²) in [5, 5.41) is 4.20. The third kappa shape index (κ3) is 3.99. The molecule has 1 aliphatic heterocycles. The molecule has 132 valence electrons. The van der Waals surface area contributed by atoms with Gasteiger partial charge in [-0.15, -0.1) is 11.8 Å². The first-order chi connectivity index (χ1) is 11.6. The number of hydrogen-bond donors (Lipinski definition) is 1. The Kier molecular flexibility index (Phi) is 5.92. The summed E-state index contributed by atoms with van der Waals surface area (Å²) in [4.78, 5) is 30.3. The quantitative estimate of drug-likeness (QED) is 0.640. The molecule has 0 radical (unpaired) electrons. The molecule has 1 N–H and O–H groups in total. The number of rotatable bonds is 5. The number of thioether (sulfide) groups is 2. The molecule has 0 bridgehead atoms. The fraction of sp³-hybridized carbons (Fsp3) is 0.706. The van der Waals surface area contributed by atoms with Crippen LogP contribution < -0.4 is 10.9 Å². The Hall–Kier alpha value is -0.950. The van der Waals surface area contributed by atoms with E-state index in [4.69, 9.17) is 0 Å². The normalized spacial score (nSPS) is 20.8. The van der Waals surface area contributed by atoms with Crippen molar-refractivity contribution in [3.05, 3.63) is 16.0 Å². The van der Waals surface area contributed by atoms with Gasteiger partial charge in [0.05, 0.1) is 16.3 Å². The van der Waals surface area contributed by atoms with Gasteiger partial charge in [0.25, 0.3) is 5.56 Å². The van der Waals surface area contributed by atoms with Crippen molar-refractivity contribution in [2.45, 2.75) is 80.3 Å². The highest BCUT2D eigenvalue weighted by Gasteiger charge is 2.26. The molecule has 1 saturated carbocycles. The largest absolute Gasteiger partial charge is 0.353 e. The second kappa shape index (κ2) is 7.95. The highest BCUT2D eigenvalue weighted by molar-refractivity contribution is 8.00. The van der Waals surface area contributed by atoms with Crippen LogP contribution in [-0.2, 0) is 17.8 Å². The van der Waals surface area contributed by atoms with Crippen LogP contribution in [-0.4, -0.2) is 32.5 Å². The van der Waals surface area contributed by atoms with Crippen LogP contribution in [0, 0.1) is 0 Å². The first-order valence-electron chi connectivity index (χ1n) is 8.81. The van der Waals surface area contributed by atoms with Crippen molar-refractivity contribution >= 4 is 29.4 Å². The van der Waals surface area contributed by atoms with Crippen LogP contribution in [0.4, 0.5) is 0 Å². The lowest BCUT2D eigenvalue weighted by Crippen LogP contribution is -2.37. The molecular weight excluding hydrogens is 342 g/mol. The number of carbonyl (C=O) groups is 1. The number of nitrogens with zero attached hydrogens (tertiary/aromatic N) is 2. The van der Waals surface area contributed by atoms with Crippen LogP contribution >= 0.6 is 23.5 Å². The lowest BCUT2D eigenvalue weighted by molar-refractivity contribution is -0.119. The van der Waals surface area contributed by atoms with Gasteiger partial charge in [-0.25, -0.2) is 4.98 Å². The maximum Gasteiger partial charge on any atom is 0.268 e. The second-order valence-corrected chi connectivity index (χ2v) is 8.93. The van der Waals surface area contributed by atoms with Gasteiger partial charge >= 0.3 is 0 Å². The average Bonchev–Trinajstić information content (AvgIpc) is 2.95. The second-order valence-electron chi connectivity index (χ2n) is 6.54. The van der Waals surface area contributed by atoms with Gasteiger partial charge in [0, 0.05) is 24.3 Å². The molecule has 1 aromatic rings. The van der Waals surface area contributed by atoms with Crippen molar-refractivity contribution in [3.8, 4) is 0 Å². The van der Waals surface area contributed by atoms with Crippen molar-refractivity contribution < 1.29 is 4.79 Å². The van der Waals surface area contributed by atoms with Crippen LogP contribution in [0.25, 0.3) is 0 Å². The van der Waals surface area contributed by atoms with E-state index in [1.165, 1.54) is 31.0 Å². The fourth-order valence-electron chi connectivity index (χ4n) is 3.37. The maximum absolute atomic E-state index is 12.6. The van der Waals surface area contributed by atoms with Crippen LogP contribution in [0.1, 0.15) is 51.6 Å². The molecule has 0 aromatic carbocycles. The number of amides is 1. The van der Waals surface area contributed by atoms with E-state index in [-0.39, 0.29) is 11.5 Å². The Balaban J connectivity index is 1.66. The summed E-state index contributed by atoms with van der Waals surface area (Å²) in [5.41, 5.74) is 0.949. The average molecular weight is 368 g/mol. The molecule has 2 heterocycles. The number of hydrogen-bond acceptors (Lipinski definition) is 5. The molecule has 2 aliphatic rings. The molecule has 1 atom stereocenters. The van der Waals surface area contributed by atoms with E-state index in [0.717, 1.165) is 29.9 Å². The van der Waals surface area contributed by atoms with Gasteiger partial charge in [-0.1, -0.05) is 37.9 Å².